The summed E-state index contributed by atoms with van der Waals surface area (Å²) in [6.07, 6.45) is 0.501. The third-order valence-electron chi connectivity index (χ3n) is 4.99. The smallest absolute Gasteiger partial charge is 0.659 e. The normalized spacial score (nSPS) is 22.0. The first-order valence-electron chi connectivity index (χ1n) is 8.40. The SMILES string of the molecule is O=C1CCC(N2Cc3cc(N4CC[N-]CC4)c(F)cc3C2=O)C(=O)N1.[CH3-].[V+2]. The molecule has 9 heteroatoms. The van der Waals surface area contributed by atoms with Crippen LogP contribution in [0.3, 0.4) is 0 Å². The molecule has 3 heterocycles. The Hall–Kier alpha value is -1.90. The van der Waals surface area contributed by atoms with Gasteiger partial charge in [0.1, 0.15) is 11.9 Å². The molecule has 2 saturated heterocycles. The van der Waals surface area contributed by atoms with Crippen molar-refractivity contribution in [2.24, 2.45) is 0 Å². The van der Waals surface area contributed by atoms with Crippen LogP contribution in [-0.4, -0.2) is 54.8 Å². The van der Waals surface area contributed by atoms with Gasteiger partial charge in [0.25, 0.3) is 5.91 Å². The number of hydrogen-bond donors (Lipinski definition) is 1. The third kappa shape index (κ3) is 3.88. The summed E-state index contributed by atoms with van der Waals surface area (Å²) < 4.78 is 14.5. The van der Waals surface area contributed by atoms with E-state index in [1.54, 1.807) is 6.07 Å². The van der Waals surface area contributed by atoms with Crippen molar-refractivity contribution in [1.29, 1.82) is 0 Å². The Labute approximate surface area is 169 Å². The molecule has 7 nitrogen and oxygen atoms in total. The molecule has 3 amide bonds. The maximum Gasteiger partial charge on any atom is 2.00 e. The molecular weight excluding hydrogens is 390 g/mol. The fourth-order valence-electron chi connectivity index (χ4n) is 3.67. The summed E-state index contributed by atoms with van der Waals surface area (Å²) in [6.45, 7) is 2.89. The molecule has 0 bridgehead atoms. The number of piperidine rings is 1. The van der Waals surface area contributed by atoms with Gasteiger partial charge in [-0.15, -0.1) is 13.1 Å². The number of fused-ring (bicyclic) bond motifs is 1. The molecule has 27 heavy (non-hydrogen) atoms. The van der Waals surface area contributed by atoms with E-state index < -0.39 is 17.8 Å². The zero-order chi connectivity index (χ0) is 17.6. The molecule has 143 valence electrons. The molecule has 0 saturated carbocycles. The maximum atomic E-state index is 14.5. The van der Waals surface area contributed by atoms with Crippen molar-refractivity contribution < 1.29 is 37.3 Å². The van der Waals surface area contributed by atoms with Crippen LogP contribution in [0.25, 0.3) is 5.32 Å². The van der Waals surface area contributed by atoms with Crippen molar-refractivity contribution in [1.82, 2.24) is 10.2 Å². The van der Waals surface area contributed by atoms with Crippen molar-refractivity contribution in [3.8, 4) is 0 Å². The number of imide groups is 1. The first-order chi connectivity index (χ1) is 12.0. The molecular formula is C18H21FN4O3V. The molecule has 0 aliphatic carbocycles. The van der Waals surface area contributed by atoms with Crippen molar-refractivity contribution in [2.75, 3.05) is 31.1 Å². The predicted octanol–water partition coefficient (Wildman–Crippen LogP) is 1.23. The number of nitrogens with one attached hydrogen (secondary N) is 1. The number of nitrogens with zero attached hydrogens (tertiary/aromatic N) is 3. The first-order valence-corrected chi connectivity index (χ1v) is 8.40. The molecule has 1 radical (unpaired) electrons. The molecule has 3 aliphatic heterocycles. The van der Waals surface area contributed by atoms with Crippen molar-refractivity contribution >= 4 is 23.4 Å². The van der Waals surface area contributed by atoms with Crippen molar-refractivity contribution in [2.45, 2.75) is 25.4 Å². The van der Waals surface area contributed by atoms with Crippen LogP contribution in [0, 0.1) is 13.2 Å². The summed E-state index contributed by atoms with van der Waals surface area (Å²) in [6, 6.07) is 2.29. The molecule has 0 aromatic heterocycles. The van der Waals surface area contributed by atoms with Gasteiger partial charge in [0.15, 0.2) is 0 Å². The van der Waals surface area contributed by atoms with E-state index in [1.165, 1.54) is 11.0 Å². The van der Waals surface area contributed by atoms with Crippen LogP contribution in [0.4, 0.5) is 10.1 Å². The molecule has 1 N–H and O–H groups in total. The van der Waals surface area contributed by atoms with E-state index in [2.05, 4.69) is 10.6 Å². The van der Waals surface area contributed by atoms with Gasteiger partial charge < -0.3 is 22.5 Å². The number of amides is 3. The largest absolute Gasteiger partial charge is 2.00 e. The Morgan fingerprint density at radius 2 is 1.85 bits per heavy atom. The molecule has 4 rings (SSSR count). The minimum absolute atomic E-state index is 0. The standard InChI is InChI=1S/C17H18FN4O3.CH3.V/c18-12-8-11-10(7-14(12)21-5-3-19-4-6-21)9-22(17(11)25)13-1-2-15(23)20-16(13)24;;/h7-8,13H,1-6,9H2,(H,20,23,24);1H3;/q2*-1;+2. The molecule has 1 aromatic carbocycles. The number of halogens is 1. The second-order valence-corrected chi connectivity index (χ2v) is 6.52. The van der Waals surface area contributed by atoms with Gasteiger partial charge >= 0.3 is 18.6 Å². The van der Waals surface area contributed by atoms with E-state index in [0.717, 1.165) is 0 Å². The van der Waals surface area contributed by atoms with E-state index in [-0.39, 0.29) is 50.8 Å². The van der Waals surface area contributed by atoms with E-state index in [0.29, 0.717) is 49.4 Å². The number of benzene rings is 1. The second kappa shape index (κ2) is 8.41. The summed E-state index contributed by atoms with van der Waals surface area (Å²) in [7, 11) is 0. The van der Waals surface area contributed by atoms with Gasteiger partial charge in [-0.25, -0.2) is 4.39 Å². The summed E-state index contributed by atoms with van der Waals surface area (Å²) in [5, 5.41) is 6.52. The molecule has 0 spiro atoms. The van der Waals surface area contributed by atoms with E-state index >= 15 is 0 Å². The van der Waals surface area contributed by atoms with Gasteiger partial charge in [0, 0.05) is 18.5 Å². The minimum atomic E-state index is -0.683. The number of anilines is 1. The Morgan fingerprint density at radius 3 is 2.52 bits per heavy atom. The zero-order valence-electron chi connectivity index (χ0n) is 15.1. The number of piperazine rings is 1. The molecule has 1 aromatic rings. The number of hydrogen-bond acceptors (Lipinski definition) is 4. The molecule has 1 unspecified atom stereocenters. The summed E-state index contributed by atoms with van der Waals surface area (Å²) >= 11 is 0. The van der Waals surface area contributed by atoms with Crippen molar-refractivity contribution in [3.05, 3.63) is 41.8 Å². The second-order valence-electron chi connectivity index (χ2n) is 6.52. The molecule has 2 fully saturated rings. The fourth-order valence-corrected chi connectivity index (χ4v) is 3.67. The zero-order valence-corrected chi connectivity index (χ0v) is 16.5. The van der Waals surface area contributed by atoms with Gasteiger partial charge in [-0.05, 0) is 37.2 Å². The predicted molar refractivity (Wildman–Crippen MR) is 94.2 cm³/mol. The van der Waals surface area contributed by atoms with Crippen LogP contribution in [0.5, 0.6) is 0 Å². The fraction of sp³-hybridized carbons (Fsp3) is 0.444. The number of carbonyl (C=O) groups excluding carboxylic acids is 3. The van der Waals surface area contributed by atoms with Crippen LogP contribution in [0.15, 0.2) is 12.1 Å². The molecule has 3 aliphatic rings. The molecule has 1 atom stereocenters. The maximum absolute atomic E-state index is 14.5. The van der Waals surface area contributed by atoms with Crippen LogP contribution in [0.1, 0.15) is 28.8 Å². The summed E-state index contributed by atoms with van der Waals surface area (Å²) in [5.74, 6) is -1.58. The average molecular weight is 411 g/mol. The van der Waals surface area contributed by atoms with Gasteiger partial charge in [0.05, 0.1) is 5.69 Å². The van der Waals surface area contributed by atoms with Gasteiger partial charge in [-0.1, -0.05) is 0 Å². The Kier molecular flexibility index (Phi) is 6.67. The summed E-state index contributed by atoms with van der Waals surface area (Å²) in [5.41, 5.74) is 1.49. The monoisotopic (exact) mass is 411 g/mol. The first kappa shape index (κ1) is 21.4. The van der Waals surface area contributed by atoms with Crippen LogP contribution in [-0.2, 0) is 34.7 Å². The minimum Gasteiger partial charge on any atom is -0.659 e. The Balaban J connectivity index is 0.00000131. The third-order valence-corrected chi connectivity index (χ3v) is 4.99. The average Bonchev–Trinajstić information content (AvgIpc) is 2.91. The van der Waals surface area contributed by atoms with E-state index in [4.69, 9.17) is 0 Å². The number of rotatable bonds is 2. The summed E-state index contributed by atoms with van der Waals surface area (Å²) in [4.78, 5) is 39.3. The van der Waals surface area contributed by atoms with Crippen LogP contribution in [0.2, 0.25) is 0 Å². The quantitative estimate of drug-likeness (QED) is 0.586. The van der Waals surface area contributed by atoms with Crippen molar-refractivity contribution in [3.63, 3.8) is 0 Å². The van der Waals surface area contributed by atoms with E-state index in [1.807, 2.05) is 4.90 Å². The van der Waals surface area contributed by atoms with Crippen LogP contribution >= 0.6 is 0 Å². The van der Waals surface area contributed by atoms with Crippen LogP contribution < -0.4 is 10.2 Å². The number of carbonyl (C=O) groups is 3. The van der Waals surface area contributed by atoms with E-state index in [9.17, 15) is 18.8 Å². The van der Waals surface area contributed by atoms with Gasteiger partial charge in [-0.2, -0.15) is 0 Å². The van der Waals surface area contributed by atoms with Gasteiger partial charge in [0.2, 0.25) is 11.8 Å². The Morgan fingerprint density at radius 1 is 1.15 bits per heavy atom. The van der Waals surface area contributed by atoms with Gasteiger partial charge in [-0.3, -0.25) is 19.7 Å². The Bertz CT molecular complexity index is 767. The topological polar surface area (TPSA) is 83.8 Å².